The van der Waals surface area contributed by atoms with E-state index in [2.05, 4.69) is 22.7 Å². The van der Waals surface area contributed by atoms with E-state index in [0.29, 0.717) is 22.8 Å². The number of benzene rings is 2. The molecule has 35 heavy (non-hydrogen) atoms. The number of aryl methyl sites for hydroxylation is 1. The number of carbonyl (C=O) groups excluding carboxylic acids is 2. The third kappa shape index (κ3) is 5.75. The molecule has 0 spiro atoms. The fourth-order valence-electron chi connectivity index (χ4n) is 3.61. The van der Waals surface area contributed by atoms with Gasteiger partial charge in [0.15, 0.2) is 5.65 Å². The minimum Gasteiger partial charge on any atom is -0.497 e. The lowest BCUT2D eigenvalue weighted by Gasteiger charge is -2.06. The molecule has 0 aliphatic heterocycles. The molecule has 0 aliphatic rings. The van der Waals surface area contributed by atoms with Crippen molar-refractivity contribution in [3.8, 4) is 5.75 Å². The second kappa shape index (κ2) is 10.7. The van der Waals surface area contributed by atoms with Gasteiger partial charge in [0.2, 0.25) is 5.91 Å². The van der Waals surface area contributed by atoms with Crippen LogP contribution in [0.15, 0.2) is 71.7 Å². The van der Waals surface area contributed by atoms with Crippen LogP contribution in [-0.4, -0.2) is 33.1 Å². The van der Waals surface area contributed by atoms with Gasteiger partial charge in [-0.3, -0.25) is 9.59 Å². The summed E-state index contributed by atoms with van der Waals surface area (Å²) in [5.74, 6) is -0.0671. The van der Waals surface area contributed by atoms with Crippen LogP contribution in [0.25, 0.3) is 5.65 Å². The van der Waals surface area contributed by atoms with Crippen LogP contribution in [-0.2, 0) is 17.8 Å². The average molecular weight is 474 g/mol. The van der Waals surface area contributed by atoms with Crippen molar-refractivity contribution in [3.63, 3.8) is 0 Å². The third-order valence-electron chi connectivity index (χ3n) is 5.54. The van der Waals surface area contributed by atoms with Crippen molar-refractivity contribution >= 4 is 28.8 Å². The number of hydrogen-bond donors (Lipinski definition) is 2. The maximum Gasteiger partial charge on any atom is 0.350 e. The molecule has 4 aromatic rings. The van der Waals surface area contributed by atoms with Gasteiger partial charge in [0.25, 0.3) is 5.91 Å². The average Bonchev–Trinajstić information content (AvgIpc) is 3.18. The van der Waals surface area contributed by atoms with Gasteiger partial charge in [-0.05, 0) is 66.9 Å². The van der Waals surface area contributed by atoms with Crippen LogP contribution in [0, 0.1) is 0 Å². The summed E-state index contributed by atoms with van der Waals surface area (Å²) < 4.78 is 7.44. The number of anilines is 2. The van der Waals surface area contributed by atoms with Crippen molar-refractivity contribution < 1.29 is 14.3 Å². The smallest absolute Gasteiger partial charge is 0.350 e. The SMILES string of the molecule is CCCCc1ccc(NC(=O)Cn2nc3ccc(C(=O)Nc4ccc(OC)cc4)cn3c2=O)cc1. The molecule has 2 aromatic heterocycles. The van der Waals surface area contributed by atoms with Crippen LogP contribution < -0.4 is 21.1 Å². The highest BCUT2D eigenvalue weighted by molar-refractivity contribution is 6.04. The van der Waals surface area contributed by atoms with E-state index in [4.69, 9.17) is 4.74 Å². The Balaban J connectivity index is 1.43. The number of nitrogens with zero attached hydrogens (tertiary/aromatic N) is 3. The maximum atomic E-state index is 12.8. The summed E-state index contributed by atoms with van der Waals surface area (Å²) in [6.45, 7) is 1.90. The molecule has 0 saturated heterocycles. The number of fused-ring (bicyclic) bond motifs is 1. The molecule has 2 N–H and O–H groups in total. The zero-order valence-electron chi connectivity index (χ0n) is 19.7. The van der Waals surface area contributed by atoms with E-state index in [0.717, 1.165) is 23.9 Å². The van der Waals surface area contributed by atoms with Crippen molar-refractivity contribution in [2.24, 2.45) is 0 Å². The Morgan fingerprint density at radius 1 is 0.943 bits per heavy atom. The molecule has 0 radical (unpaired) electrons. The second-order valence-electron chi connectivity index (χ2n) is 8.12. The van der Waals surface area contributed by atoms with Crippen molar-refractivity contribution in [2.45, 2.75) is 32.7 Å². The van der Waals surface area contributed by atoms with Crippen LogP contribution >= 0.6 is 0 Å². The molecule has 0 unspecified atom stereocenters. The predicted molar refractivity (Wildman–Crippen MR) is 134 cm³/mol. The lowest BCUT2D eigenvalue weighted by atomic mass is 10.1. The summed E-state index contributed by atoms with van der Waals surface area (Å²) in [4.78, 5) is 37.9. The first-order valence-corrected chi connectivity index (χ1v) is 11.4. The highest BCUT2D eigenvalue weighted by Crippen LogP contribution is 2.16. The van der Waals surface area contributed by atoms with E-state index >= 15 is 0 Å². The van der Waals surface area contributed by atoms with Crippen LogP contribution in [0.3, 0.4) is 0 Å². The number of nitrogens with one attached hydrogen (secondary N) is 2. The Bertz CT molecular complexity index is 1390. The first-order valence-electron chi connectivity index (χ1n) is 11.4. The van der Waals surface area contributed by atoms with Gasteiger partial charge in [0, 0.05) is 17.6 Å². The molecule has 9 heteroatoms. The number of amides is 2. The summed E-state index contributed by atoms with van der Waals surface area (Å²) in [7, 11) is 1.57. The molecule has 2 heterocycles. The van der Waals surface area contributed by atoms with Crippen LogP contribution in [0.5, 0.6) is 5.75 Å². The maximum absolute atomic E-state index is 12.8. The van der Waals surface area contributed by atoms with Crippen LogP contribution in [0.2, 0.25) is 0 Å². The monoisotopic (exact) mass is 473 g/mol. The summed E-state index contributed by atoms with van der Waals surface area (Å²) in [6, 6.07) is 17.7. The van der Waals surface area contributed by atoms with E-state index in [1.165, 1.54) is 16.2 Å². The molecular formula is C26H27N5O4. The van der Waals surface area contributed by atoms with Gasteiger partial charge in [-0.15, -0.1) is 5.10 Å². The minimum atomic E-state index is -0.510. The van der Waals surface area contributed by atoms with Gasteiger partial charge in [-0.1, -0.05) is 25.5 Å². The highest BCUT2D eigenvalue weighted by Gasteiger charge is 2.14. The first kappa shape index (κ1) is 23.7. The quantitative estimate of drug-likeness (QED) is 0.385. The van der Waals surface area contributed by atoms with Crippen LogP contribution in [0.1, 0.15) is 35.7 Å². The van der Waals surface area contributed by atoms with Gasteiger partial charge in [0.1, 0.15) is 12.3 Å². The lowest BCUT2D eigenvalue weighted by Crippen LogP contribution is -2.28. The van der Waals surface area contributed by atoms with Crippen molar-refractivity contribution in [1.82, 2.24) is 14.2 Å². The Morgan fingerprint density at radius 3 is 2.31 bits per heavy atom. The molecule has 180 valence electrons. The molecular weight excluding hydrogens is 446 g/mol. The number of rotatable bonds is 9. The number of unbranched alkanes of at least 4 members (excludes halogenated alkanes) is 1. The highest BCUT2D eigenvalue weighted by atomic mass is 16.5. The lowest BCUT2D eigenvalue weighted by molar-refractivity contribution is -0.117. The van der Waals surface area contributed by atoms with E-state index in [-0.39, 0.29) is 23.9 Å². The fraction of sp³-hybridized carbons (Fsp3) is 0.231. The van der Waals surface area contributed by atoms with Gasteiger partial charge >= 0.3 is 5.69 Å². The molecule has 9 nitrogen and oxygen atoms in total. The Hall–Kier alpha value is -4.40. The normalized spacial score (nSPS) is 10.8. The van der Waals surface area contributed by atoms with Gasteiger partial charge in [-0.2, -0.15) is 0 Å². The number of ether oxygens (including phenoxy) is 1. The van der Waals surface area contributed by atoms with Crippen LogP contribution in [0.4, 0.5) is 11.4 Å². The number of aromatic nitrogens is 3. The van der Waals surface area contributed by atoms with Gasteiger partial charge < -0.3 is 15.4 Å². The predicted octanol–water partition coefficient (Wildman–Crippen LogP) is 3.74. The Kier molecular flexibility index (Phi) is 7.25. The number of methoxy groups -OCH3 is 1. The largest absolute Gasteiger partial charge is 0.497 e. The number of hydrogen-bond acceptors (Lipinski definition) is 5. The van der Waals surface area contributed by atoms with Crippen molar-refractivity contribution in [2.75, 3.05) is 17.7 Å². The molecule has 4 rings (SSSR count). The minimum absolute atomic E-state index is 0.245. The molecule has 2 amide bonds. The van der Waals surface area contributed by atoms with E-state index in [1.807, 2.05) is 24.3 Å². The van der Waals surface area contributed by atoms with Crippen molar-refractivity contribution in [3.05, 3.63) is 88.5 Å². The van der Waals surface area contributed by atoms with E-state index in [1.54, 1.807) is 43.5 Å². The first-order chi connectivity index (χ1) is 17.0. The second-order valence-corrected chi connectivity index (χ2v) is 8.12. The molecule has 0 atom stereocenters. The standard InChI is InChI=1S/C26H27N5O4/c1-3-4-5-18-6-9-20(10-7-18)27-24(32)17-31-26(34)30-16-19(8-15-23(30)29-31)25(33)28-21-11-13-22(35-2)14-12-21/h6-16H,3-5,17H2,1-2H3,(H,27,32)(H,28,33). The Morgan fingerprint density at radius 2 is 1.63 bits per heavy atom. The third-order valence-corrected chi connectivity index (χ3v) is 5.54. The zero-order chi connectivity index (χ0) is 24.8. The molecule has 0 fully saturated rings. The van der Waals surface area contributed by atoms with E-state index < -0.39 is 5.69 Å². The summed E-state index contributed by atoms with van der Waals surface area (Å²) in [5, 5.41) is 9.77. The number of carbonyl (C=O) groups is 2. The fourth-order valence-corrected chi connectivity index (χ4v) is 3.61. The molecule has 0 aliphatic carbocycles. The van der Waals surface area contributed by atoms with Crippen molar-refractivity contribution in [1.29, 1.82) is 0 Å². The summed E-state index contributed by atoms with van der Waals surface area (Å²) in [6.07, 6.45) is 4.66. The topological polar surface area (TPSA) is 107 Å². The molecule has 0 bridgehead atoms. The summed E-state index contributed by atoms with van der Waals surface area (Å²) >= 11 is 0. The Labute approximate surface area is 202 Å². The van der Waals surface area contributed by atoms with Gasteiger partial charge in [0.05, 0.1) is 12.7 Å². The van der Waals surface area contributed by atoms with E-state index in [9.17, 15) is 14.4 Å². The summed E-state index contributed by atoms with van der Waals surface area (Å²) in [5.41, 5.74) is 2.57. The molecule has 0 saturated carbocycles. The zero-order valence-corrected chi connectivity index (χ0v) is 19.7. The van der Waals surface area contributed by atoms with Gasteiger partial charge in [-0.25, -0.2) is 13.9 Å². The number of pyridine rings is 1. The molecule has 2 aromatic carbocycles.